The zero-order valence-electron chi connectivity index (χ0n) is 2.21. The number of rotatable bonds is 0. The van der Waals surface area contributed by atoms with Crippen LogP contribution in [-0.2, 0) is 147 Å². The molecule has 0 aromatic rings. The topological polar surface area (TPSA) is 0 Å². The van der Waals surface area contributed by atoms with E-state index < -0.39 is 0 Å². The average Bonchev–Trinajstić information content (AvgIpc) is 0. The molecule has 7 heavy (non-hydrogen) atoms. The van der Waals surface area contributed by atoms with Crippen molar-refractivity contribution in [2.24, 2.45) is 0 Å². The maximum atomic E-state index is 0. The van der Waals surface area contributed by atoms with Crippen molar-refractivity contribution in [3.63, 3.8) is 0 Å². The van der Waals surface area contributed by atoms with E-state index in [1.165, 1.54) is 0 Å². The van der Waals surface area contributed by atoms with Crippen molar-refractivity contribution in [1.82, 2.24) is 0 Å². The summed E-state index contributed by atoms with van der Waals surface area (Å²) < 4.78 is 0. The van der Waals surface area contributed by atoms with Gasteiger partial charge in [-0.1, -0.05) is 0 Å². The molecular weight excluding hydrogens is 1370 g/mol. The Hall–Kier alpha value is 4.82. The molecule has 0 bridgehead atoms. The molecule has 0 saturated carbocycles. The van der Waals surface area contributed by atoms with Crippen molar-refractivity contribution in [3.8, 4) is 0 Å². The molecule has 0 aliphatic carbocycles. The second-order valence-electron chi connectivity index (χ2n) is 0. The molecule has 7 heteroatoms. The van der Waals surface area contributed by atoms with Gasteiger partial charge in [-0.3, -0.25) is 0 Å². The maximum Gasteiger partial charge on any atom is 4.00 e. The monoisotopic (exact) mass is 1360 g/mol. The van der Waals surface area contributed by atoms with Crippen molar-refractivity contribution < 1.29 is 147 Å². The van der Waals surface area contributed by atoms with Gasteiger partial charge in [-0.05, 0) is 0 Å². The van der Waals surface area contributed by atoms with E-state index in [2.05, 4.69) is 0 Å². The smallest absolute Gasteiger partial charge is 4.00 e. The fourth-order valence-electron chi connectivity index (χ4n) is 0. The Morgan fingerprint density at radius 1 is 0.143 bits per heavy atom. The van der Waals surface area contributed by atoms with Gasteiger partial charge in [0.05, 0.1) is 0 Å². The first kappa shape index (κ1) is 59.6. The third-order valence-electron chi connectivity index (χ3n) is 0. The summed E-state index contributed by atoms with van der Waals surface area (Å²) in [5.74, 6) is 0. The van der Waals surface area contributed by atoms with E-state index in [0.717, 1.165) is 0 Å². The van der Waals surface area contributed by atoms with Gasteiger partial charge in [-0.15, -0.1) is 0 Å². The van der Waals surface area contributed by atoms with Gasteiger partial charge in [-0.2, -0.15) is 0 Å². The summed E-state index contributed by atoms with van der Waals surface area (Å²) in [5, 5.41) is 0. The zero-order chi connectivity index (χ0) is 0. The molecule has 0 atom stereocenters. The first-order chi connectivity index (χ1) is 0. The van der Waals surface area contributed by atoms with Gasteiger partial charge in [0.15, 0.2) is 0 Å². The zero-order valence-corrected chi connectivity index (χ0v) is 18.1. The van der Waals surface area contributed by atoms with Crippen molar-refractivity contribution >= 4 is 0 Å². The van der Waals surface area contributed by atoms with Crippen LogP contribution in [0.4, 0.5) is 0 Å². The maximum absolute atomic E-state index is 0. The Bertz CT molecular complexity index is 0. The Morgan fingerprint density at radius 2 is 0.143 bits per heavy atom. The minimum Gasteiger partial charge on any atom is 4.00 e. The van der Waals surface area contributed by atoms with Gasteiger partial charge in [0.2, 0.25) is 0 Å². The third-order valence-corrected chi connectivity index (χ3v) is 0. The van der Waals surface area contributed by atoms with E-state index in [4.69, 9.17) is 0 Å². The molecule has 0 saturated heterocycles. The summed E-state index contributed by atoms with van der Waals surface area (Å²) >= 11 is 0. The standard InChI is InChI=1S/7Pt/q7*+4. The Morgan fingerprint density at radius 3 is 0.143 bits per heavy atom. The average molecular weight is 1370 g/mol. The molecular formula is Pt7+28. The van der Waals surface area contributed by atoms with E-state index in [9.17, 15) is 0 Å². The summed E-state index contributed by atoms with van der Waals surface area (Å²) in [5.41, 5.74) is 0. The second kappa shape index (κ2) is 44.9. The fraction of sp³-hybridized carbons (Fsp3) is 0. The molecule has 0 rings (SSSR count). The van der Waals surface area contributed by atoms with Crippen LogP contribution < -0.4 is 0 Å². The predicted octanol–water partition coefficient (Wildman–Crippen LogP) is -0.0175. The van der Waals surface area contributed by atoms with Gasteiger partial charge < -0.3 is 0 Å². The van der Waals surface area contributed by atoms with E-state index in [1.807, 2.05) is 0 Å². The second-order valence-corrected chi connectivity index (χ2v) is 0. The number of hydrogen-bond acceptors (Lipinski definition) is 0. The summed E-state index contributed by atoms with van der Waals surface area (Å²) in [6.45, 7) is 0. The molecule has 0 aromatic heterocycles. The molecule has 0 unspecified atom stereocenters. The largest absolute Gasteiger partial charge is 4.00 e. The minimum atomic E-state index is 0. The van der Waals surface area contributed by atoms with Crippen LogP contribution in [0.1, 0.15) is 0 Å². The molecule has 0 aliphatic heterocycles. The minimum absolute atomic E-state index is 0. The Balaban J connectivity index is 0. The molecule has 42 valence electrons. The van der Waals surface area contributed by atoms with Crippen LogP contribution >= 0.6 is 0 Å². The van der Waals surface area contributed by atoms with Crippen LogP contribution in [0.15, 0.2) is 0 Å². The van der Waals surface area contributed by atoms with Gasteiger partial charge >= 0.3 is 147 Å². The summed E-state index contributed by atoms with van der Waals surface area (Å²) in [6, 6.07) is 0. The van der Waals surface area contributed by atoms with Gasteiger partial charge in [-0.25, -0.2) is 0 Å². The van der Waals surface area contributed by atoms with Crippen LogP contribution in [0.3, 0.4) is 0 Å². The molecule has 0 spiro atoms. The normalized spacial score (nSPS) is 0. The van der Waals surface area contributed by atoms with Crippen LogP contribution in [0, 0.1) is 0 Å². The SMILES string of the molecule is [Pt+4].[Pt+4].[Pt+4].[Pt+4].[Pt+4].[Pt+4].[Pt+4]. The molecule has 0 amide bonds. The fourth-order valence-corrected chi connectivity index (χ4v) is 0. The first-order valence-corrected chi connectivity index (χ1v) is 0. The molecule has 0 aliphatic rings. The van der Waals surface area contributed by atoms with E-state index in [-0.39, 0.29) is 147 Å². The molecule has 0 N–H and O–H groups in total. The van der Waals surface area contributed by atoms with Crippen molar-refractivity contribution in [3.05, 3.63) is 0 Å². The number of hydrogen-bond donors (Lipinski definition) is 0. The van der Waals surface area contributed by atoms with Crippen LogP contribution in [0.25, 0.3) is 0 Å². The van der Waals surface area contributed by atoms with Gasteiger partial charge in [0, 0.05) is 0 Å². The predicted molar refractivity (Wildman–Crippen MR) is 0 cm³/mol. The van der Waals surface area contributed by atoms with E-state index >= 15 is 0 Å². The molecule has 0 radical (unpaired) electrons. The van der Waals surface area contributed by atoms with E-state index in [1.54, 1.807) is 0 Å². The molecule has 0 nitrogen and oxygen atoms in total. The molecule has 0 aromatic carbocycles. The molecule has 0 fully saturated rings. The Labute approximate surface area is 144 Å². The van der Waals surface area contributed by atoms with Crippen LogP contribution in [-0.4, -0.2) is 0 Å². The van der Waals surface area contributed by atoms with Crippen LogP contribution in [0.5, 0.6) is 0 Å². The van der Waals surface area contributed by atoms with Gasteiger partial charge in [0.25, 0.3) is 0 Å². The molecule has 0 heterocycles. The van der Waals surface area contributed by atoms with E-state index in [0.29, 0.717) is 0 Å². The summed E-state index contributed by atoms with van der Waals surface area (Å²) in [7, 11) is 0. The summed E-state index contributed by atoms with van der Waals surface area (Å²) in [6.07, 6.45) is 0. The van der Waals surface area contributed by atoms with Crippen molar-refractivity contribution in [2.75, 3.05) is 0 Å². The quantitative estimate of drug-likeness (QED) is 0.321. The third kappa shape index (κ3) is 36.2. The van der Waals surface area contributed by atoms with Crippen molar-refractivity contribution in [1.29, 1.82) is 0 Å². The van der Waals surface area contributed by atoms with Crippen molar-refractivity contribution in [2.45, 2.75) is 0 Å². The summed E-state index contributed by atoms with van der Waals surface area (Å²) in [4.78, 5) is 0. The van der Waals surface area contributed by atoms with Crippen LogP contribution in [0.2, 0.25) is 0 Å². The van der Waals surface area contributed by atoms with Gasteiger partial charge in [0.1, 0.15) is 0 Å². The Kier molecular flexibility index (Phi) is 382. The first-order valence-electron chi connectivity index (χ1n) is 0.